The minimum absolute atomic E-state index is 0.215. The van der Waals surface area contributed by atoms with Crippen LogP contribution in [-0.4, -0.2) is 38.8 Å². The van der Waals surface area contributed by atoms with Gasteiger partial charge < -0.3 is 10.1 Å². The number of benzene rings is 2. The molecule has 1 saturated heterocycles. The molecule has 2 aromatic rings. The van der Waals surface area contributed by atoms with E-state index < -0.39 is 10.0 Å². The molecule has 1 heterocycles. The monoisotopic (exact) mass is 402 g/mol. The van der Waals surface area contributed by atoms with Crippen molar-refractivity contribution in [3.8, 4) is 5.75 Å². The molecule has 6 nitrogen and oxygen atoms in total. The Balaban J connectivity index is 1.74. The number of nitrogens with one attached hydrogen (secondary N) is 1. The van der Waals surface area contributed by atoms with E-state index in [0.29, 0.717) is 41.9 Å². The largest absolute Gasteiger partial charge is 0.497 e. The smallest absolute Gasteiger partial charge is 0.255 e. The lowest BCUT2D eigenvalue weighted by atomic mass is 9.94. The number of methoxy groups -OCH3 is 1. The SMILES string of the molecule is COc1cccc(NC(=O)c2ccc(S(=O)(=O)N3C[C@@H](C)C[C@H](C)C3)cc2)c1. The van der Waals surface area contributed by atoms with E-state index in [1.165, 1.54) is 12.1 Å². The number of ether oxygens (including phenoxy) is 1. The Bertz CT molecular complexity index is 931. The maximum Gasteiger partial charge on any atom is 0.255 e. The van der Waals surface area contributed by atoms with Crippen LogP contribution in [0, 0.1) is 11.8 Å². The predicted octanol–water partition coefficient (Wildman–Crippen LogP) is 3.61. The van der Waals surface area contributed by atoms with Gasteiger partial charge in [-0.1, -0.05) is 19.9 Å². The van der Waals surface area contributed by atoms with E-state index in [2.05, 4.69) is 19.2 Å². The molecule has 1 amide bonds. The second kappa shape index (κ2) is 8.32. The third-order valence-electron chi connectivity index (χ3n) is 4.92. The van der Waals surface area contributed by atoms with Gasteiger partial charge in [-0.2, -0.15) is 4.31 Å². The number of sulfonamides is 1. The van der Waals surface area contributed by atoms with E-state index in [0.717, 1.165) is 6.42 Å². The van der Waals surface area contributed by atoms with Gasteiger partial charge in [0.15, 0.2) is 0 Å². The third kappa shape index (κ3) is 4.54. The highest BCUT2D eigenvalue weighted by molar-refractivity contribution is 7.89. The molecule has 0 spiro atoms. The zero-order chi connectivity index (χ0) is 20.3. The van der Waals surface area contributed by atoms with Crippen LogP contribution in [0.2, 0.25) is 0 Å². The Kier molecular flexibility index (Phi) is 6.05. The van der Waals surface area contributed by atoms with Gasteiger partial charge in [-0.05, 0) is 54.7 Å². The lowest BCUT2D eigenvalue weighted by molar-refractivity contribution is 0.102. The van der Waals surface area contributed by atoms with Crippen molar-refractivity contribution in [3.63, 3.8) is 0 Å². The Morgan fingerprint density at radius 3 is 2.32 bits per heavy atom. The molecule has 1 aliphatic heterocycles. The molecule has 0 saturated carbocycles. The number of rotatable bonds is 5. The van der Waals surface area contributed by atoms with Crippen LogP contribution >= 0.6 is 0 Å². The van der Waals surface area contributed by atoms with Gasteiger partial charge >= 0.3 is 0 Å². The molecule has 7 heteroatoms. The summed E-state index contributed by atoms with van der Waals surface area (Å²) >= 11 is 0. The Hall–Kier alpha value is -2.38. The standard InChI is InChI=1S/C21H26N2O4S/c1-15-11-16(2)14-23(13-15)28(25,26)20-9-7-17(8-10-20)21(24)22-18-5-4-6-19(12-18)27-3/h4-10,12,15-16H,11,13-14H2,1-3H3,(H,22,24)/t15-,16-/m0/s1. The number of anilines is 1. The summed E-state index contributed by atoms with van der Waals surface area (Å²) in [5.41, 5.74) is 1.000. The predicted molar refractivity (Wildman–Crippen MR) is 109 cm³/mol. The van der Waals surface area contributed by atoms with Crippen LogP contribution in [0.5, 0.6) is 5.75 Å². The maximum atomic E-state index is 12.9. The Morgan fingerprint density at radius 2 is 1.71 bits per heavy atom. The quantitative estimate of drug-likeness (QED) is 0.829. The molecule has 0 radical (unpaired) electrons. The number of carbonyl (C=O) groups excluding carboxylic acids is 1. The molecule has 1 fully saturated rings. The van der Waals surface area contributed by atoms with Gasteiger partial charge in [-0.15, -0.1) is 0 Å². The highest BCUT2D eigenvalue weighted by Gasteiger charge is 2.31. The molecule has 0 aliphatic carbocycles. The number of piperidine rings is 1. The summed E-state index contributed by atoms with van der Waals surface area (Å²) in [6.45, 7) is 5.21. The topological polar surface area (TPSA) is 75.7 Å². The van der Waals surface area contributed by atoms with Crippen molar-refractivity contribution in [2.75, 3.05) is 25.5 Å². The number of nitrogens with zero attached hydrogens (tertiary/aromatic N) is 1. The Morgan fingerprint density at radius 1 is 1.07 bits per heavy atom. The maximum absolute atomic E-state index is 12.9. The first kappa shape index (κ1) is 20.4. The number of hydrogen-bond acceptors (Lipinski definition) is 4. The molecule has 0 bridgehead atoms. The average molecular weight is 403 g/mol. The van der Waals surface area contributed by atoms with Crippen LogP contribution in [0.4, 0.5) is 5.69 Å². The van der Waals surface area contributed by atoms with Crippen molar-refractivity contribution in [1.82, 2.24) is 4.31 Å². The molecule has 3 rings (SSSR count). The summed E-state index contributed by atoms with van der Waals surface area (Å²) in [4.78, 5) is 12.7. The normalized spacial score (nSPS) is 20.5. The van der Waals surface area contributed by atoms with E-state index in [9.17, 15) is 13.2 Å². The lowest BCUT2D eigenvalue weighted by Crippen LogP contribution is -2.42. The van der Waals surface area contributed by atoms with Crippen LogP contribution in [0.1, 0.15) is 30.6 Å². The first-order valence-electron chi connectivity index (χ1n) is 9.35. The zero-order valence-electron chi connectivity index (χ0n) is 16.4. The Labute approximate surface area is 166 Å². The second-order valence-electron chi connectivity index (χ2n) is 7.48. The molecule has 1 aliphatic rings. The number of hydrogen-bond donors (Lipinski definition) is 1. The first-order chi connectivity index (χ1) is 13.3. The van der Waals surface area contributed by atoms with Crippen molar-refractivity contribution in [2.24, 2.45) is 11.8 Å². The molecule has 0 unspecified atom stereocenters. The van der Waals surface area contributed by atoms with E-state index in [1.807, 2.05) is 0 Å². The van der Waals surface area contributed by atoms with Crippen molar-refractivity contribution in [1.29, 1.82) is 0 Å². The molecule has 0 aromatic heterocycles. The van der Waals surface area contributed by atoms with Gasteiger partial charge in [0, 0.05) is 30.4 Å². The summed E-state index contributed by atoms with van der Waals surface area (Å²) in [6, 6.07) is 13.1. The minimum atomic E-state index is -3.55. The highest BCUT2D eigenvalue weighted by Crippen LogP contribution is 2.27. The summed E-state index contributed by atoms with van der Waals surface area (Å²) in [5.74, 6) is 1.01. The first-order valence-corrected chi connectivity index (χ1v) is 10.8. The average Bonchev–Trinajstić information content (AvgIpc) is 2.67. The highest BCUT2D eigenvalue weighted by atomic mass is 32.2. The number of amides is 1. The summed E-state index contributed by atoms with van der Waals surface area (Å²) in [7, 11) is -1.99. The summed E-state index contributed by atoms with van der Waals surface area (Å²) < 4.78 is 32.6. The van der Waals surface area contributed by atoms with Crippen LogP contribution in [0.15, 0.2) is 53.4 Å². The van der Waals surface area contributed by atoms with Crippen LogP contribution in [0.3, 0.4) is 0 Å². The molecule has 28 heavy (non-hydrogen) atoms. The van der Waals surface area contributed by atoms with Gasteiger partial charge in [-0.25, -0.2) is 8.42 Å². The van der Waals surface area contributed by atoms with E-state index in [4.69, 9.17) is 4.74 Å². The second-order valence-corrected chi connectivity index (χ2v) is 9.42. The summed E-state index contributed by atoms with van der Waals surface area (Å²) in [6.07, 6.45) is 1.04. The molecule has 150 valence electrons. The fourth-order valence-corrected chi connectivity index (χ4v) is 5.31. The van der Waals surface area contributed by atoms with Crippen molar-refractivity contribution in [3.05, 3.63) is 54.1 Å². The van der Waals surface area contributed by atoms with Crippen molar-refractivity contribution in [2.45, 2.75) is 25.2 Å². The van der Waals surface area contributed by atoms with E-state index >= 15 is 0 Å². The fourth-order valence-electron chi connectivity index (χ4n) is 3.63. The molecular formula is C21H26N2O4S. The van der Waals surface area contributed by atoms with Gasteiger partial charge in [0.2, 0.25) is 10.0 Å². The van der Waals surface area contributed by atoms with Crippen LogP contribution in [0.25, 0.3) is 0 Å². The van der Waals surface area contributed by atoms with Gasteiger partial charge in [0.1, 0.15) is 5.75 Å². The minimum Gasteiger partial charge on any atom is -0.497 e. The van der Waals surface area contributed by atoms with Crippen molar-refractivity contribution >= 4 is 21.6 Å². The summed E-state index contributed by atoms with van der Waals surface area (Å²) in [5, 5.41) is 2.79. The lowest BCUT2D eigenvalue weighted by Gasteiger charge is -2.34. The van der Waals surface area contributed by atoms with Crippen LogP contribution in [-0.2, 0) is 10.0 Å². The molecule has 2 atom stereocenters. The van der Waals surface area contributed by atoms with Crippen molar-refractivity contribution < 1.29 is 17.9 Å². The zero-order valence-corrected chi connectivity index (χ0v) is 17.2. The van der Waals surface area contributed by atoms with Gasteiger partial charge in [-0.3, -0.25) is 4.79 Å². The number of carbonyl (C=O) groups is 1. The van der Waals surface area contributed by atoms with E-state index in [1.54, 1.807) is 47.8 Å². The van der Waals surface area contributed by atoms with Crippen LogP contribution < -0.4 is 10.1 Å². The third-order valence-corrected chi connectivity index (χ3v) is 6.76. The molecule has 2 aromatic carbocycles. The van der Waals surface area contributed by atoms with Gasteiger partial charge in [0.05, 0.1) is 12.0 Å². The fraction of sp³-hybridized carbons (Fsp3) is 0.381. The molecular weight excluding hydrogens is 376 g/mol. The molecule has 1 N–H and O–H groups in total. The van der Waals surface area contributed by atoms with Gasteiger partial charge in [0.25, 0.3) is 5.91 Å². The van der Waals surface area contributed by atoms with E-state index in [-0.39, 0.29) is 10.8 Å².